The Morgan fingerprint density at radius 2 is 2.00 bits per heavy atom. The van der Waals surface area contributed by atoms with Crippen molar-refractivity contribution in [2.45, 2.75) is 20.8 Å². The smallest absolute Gasteiger partial charge is 0.283 e. The molecule has 8 heteroatoms. The van der Waals surface area contributed by atoms with E-state index in [-0.39, 0.29) is 11.4 Å². The van der Waals surface area contributed by atoms with E-state index in [1.54, 1.807) is 11.6 Å². The molecule has 136 valence electrons. The SMILES string of the molecule is Cc1ccc(-n2c(C)cc(/C=C3\C(=N)N4N=CSC4=NC3=O)c2C)cc1Cl. The Morgan fingerprint density at radius 3 is 2.74 bits per heavy atom. The Labute approximate surface area is 165 Å². The van der Waals surface area contributed by atoms with Gasteiger partial charge in [-0.1, -0.05) is 17.7 Å². The van der Waals surface area contributed by atoms with E-state index < -0.39 is 5.91 Å². The van der Waals surface area contributed by atoms with Gasteiger partial charge in [-0.25, -0.2) is 0 Å². The van der Waals surface area contributed by atoms with Crippen LogP contribution >= 0.6 is 23.4 Å². The fourth-order valence-corrected chi connectivity index (χ4v) is 3.93. The minimum absolute atomic E-state index is 0.0365. The number of hydrogen-bond acceptors (Lipinski definition) is 4. The first-order valence-corrected chi connectivity index (χ1v) is 9.51. The Morgan fingerprint density at radius 1 is 1.22 bits per heavy atom. The molecule has 0 saturated heterocycles. The van der Waals surface area contributed by atoms with E-state index in [9.17, 15) is 4.79 Å². The molecule has 0 radical (unpaired) electrons. The van der Waals surface area contributed by atoms with Crippen LogP contribution in [0.5, 0.6) is 0 Å². The molecule has 1 aromatic carbocycles. The number of aryl methyl sites for hydroxylation is 2. The summed E-state index contributed by atoms with van der Waals surface area (Å²) in [5.74, 6) is -0.387. The molecule has 2 aliphatic rings. The average Bonchev–Trinajstić information content (AvgIpc) is 3.19. The first-order valence-electron chi connectivity index (χ1n) is 8.25. The molecule has 2 aromatic rings. The van der Waals surface area contributed by atoms with Crippen molar-refractivity contribution in [2.24, 2.45) is 10.1 Å². The van der Waals surface area contributed by atoms with E-state index in [0.29, 0.717) is 10.2 Å². The fraction of sp³-hybridized carbons (Fsp3) is 0.158. The summed E-state index contributed by atoms with van der Waals surface area (Å²) in [7, 11) is 0. The Bertz CT molecular complexity index is 1100. The molecular formula is C19H16ClN5OS. The van der Waals surface area contributed by atoms with Crippen molar-refractivity contribution in [1.82, 2.24) is 9.58 Å². The Balaban J connectivity index is 1.79. The Hall–Kier alpha value is -2.64. The zero-order chi connectivity index (χ0) is 19.3. The van der Waals surface area contributed by atoms with Gasteiger partial charge in [-0.15, -0.1) is 0 Å². The van der Waals surface area contributed by atoms with Crippen LogP contribution in [-0.4, -0.2) is 32.0 Å². The Kier molecular flexibility index (Phi) is 4.28. The van der Waals surface area contributed by atoms with Crippen LogP contribution in [0.2, 0.25) is 5.02 Å². The lowest BCUT2D eigenvalue weighted by atomic mass is 10.1. The number of carbonyl (C=O) groups excluding carboxylic acids is 1. The van der Waals surface area contributed by atoms with Gasteiger partial charge in [0.25, 0.3) is 5.91 Å². The zero-order valence-corrected chi connectivity index (χ0v) is 16.5. The highest BCUT2D eigenvalue weighted by molar-refractivity contribution is 8.25. The van der Waals surface area contributed by atoms with Gasteiger partial charge < -0.3 is 4.57 Å². The number of aromatic nitrogens is 1. The second-order valence-corrected chi connectivity index (χ2v) is 7.57. The summed E-state index contributed by atoms with van der Waals surface area (Å²) in [4.78, 5) is 16.4. The predicted octanol–water partition coefficient (Wildman–Crippen LogP) is 4.30. The fourth-order valence-electron chi connectivity index (χ4n) is 3.14. The number of thioether (sulfide) groups is 1. The highest BCUT2D eigenvalue weighted by Crippen LogP contribution is 2.28. The van der Waals surface area contributed by atoms with Crippen molar-refractivity contribution in [1.29, 1.82) is 5.41 Å². The van der Waals surface area contributed by atoms with Crippen molar-refractivity contribution < 1.29 is 4.79 Å². The van der Waals surface area contributed by atoms with Gasteiger partial charge in [0, 0.05) is 22.1 Å². The monoisotopic (exact) mass is 397 g/mol. The van der Waals surface area contributed by atoms with Gasteiger partial charge in [0.1, 0.15) is 0 Å². The summed E-state index contributed by atoms with van der Waals surface area (Å²) in [5, 5.41) is 14.9. The molecule has 1 amide bonds. The normalized spacial score (nSPS) is 17.7. The number of nitrogens with one attached hydrogen (secondary N) is 1. The zero-order valence-electron chi connectivity index (χ0n) is 14.9. The van der Waals surface area contributed by atoms with Gasteiger partial charge in [-0.2, -0.15) is 15.1 Å². The summed E-state index contributed by atoms with van der Waals surface area (Å²) >= 11 is 7.52. The summed E-state index contributed by atoms with van der Waals surface area (Å²) in [5.41, 5.74) is 6.58. The maximum absolute atomic E-state index is 12.4. The summed E-state index contributed by atoms with van der Waals surface area (Å²) < 4.78 is 2.08. The third-order valence-corrected chi connectivity index (χ3v) is 5.66. The topological polar surface area (TPSA) is 73.8 Å². The highest BCUT2D eigenvalue weighted by atomic mass is 35.5. The lowest BCUT2D eigenvalue weighted by Crippen LogP contribution is -2.35. The van der Waals surface area contributed by atoms with Crippen molar-refractivity contribution in [3.8, 4) is 5.69 Å². The molecule has 0 atom stereocenters. The predicted molar refractivity (Wildman–Crippen MR) is 111 cm³/mol. The second kappa shape index (κ2) is 6.51. The highest BCUT2D eigenvalue weighted by Gasteiger charge is 2.32. The van der Waals surface area contributed by atoms with Crippen LogP contribution in [0.3, 0.4) is 0 Å². The number of halogens is 1. The number of hydrogen-bond donors (Lipinski definition) is 1. The van der Waals surface area contributed by atoms with Gasteiger partial charge in [0.05, 0.1) is 11.1 Å². The van der Waals surface area contributed by atoms with Gasteiger partial charge in [-0.05, 0) is 67.9 Å². The van der Waals surface area contributed by atoms with Crippen LogP contribution in [0.15, 0.2) is 39.9 Å². The maximum atomic E-state index is 12.4. The van der Waals surface area contributed by atoms with E-state index in [1.165, 1.54) is 16.8 Å². The number of amidine groups is 2. The molecule has 0 unspecified atom stereocenters. The number of fused-ring (bicyclic) bond motifs is 1. The molecule has 0 fully saturated rings. The van der Waals surface area contributed by atoms with E-state index in [1.807, 2.05) is 45.0 Å². The van der Waals surface area contributed by atoms with Crippen molar-refractivity contribution in [2.75, 3.05) is 0 Å². The first kappa shape index (κ1) is 17.8. The molecule has 27 heavy (non-hydrogen) atoms. The van der Waals surface area contributed by atoms with Gasteiger partial charge in [-0.3, -0.25) is 10.2 Å². The standard InChI is InChI=1S/C19H16ClN5OS/c1-10-4-5-14(8-16(10)20)24-11(2)6-13(12(24)3)7-15-17(21)25-19(23-18(15)26)27-9-22-25/h4-9,21H,1-3H3/b15-7+,21-17?. The molecule has 0 saturated carbocycles. The first-order chi connectivity index (χ1) is 12.9. The van der Waals surface area contributed by atoms with Crippen LogP contribution in [0, 0.1) is 26.2 Å². The minimum Gasteiger partial charge on any atom is -0.318 e. The number of nitrogens with zero attached hydrogens (tertiary/aromatic N) is 4. The number of benzene rings is 1. The van der Waals surface area contributed by atoms with Crippen LogP contribution in [-0.2, 0) is 4.79 Å². The minimum atomic E-state index is -0.424. The number of amides is 1. The molecule has 2 aliphatic heterocycles. The van der Waals surface area contributed by atoms with Crippen LogP contribution in [0.4, 0.5) is 0 Å². The molecule has 3 heterocycles. The number of aliphatic imine (C=N–C) groups is 1. The molecule has 0 spiro atoms. The van der Waals surface area contributed by atoms with E-state index >= 15 is 0 Å². The third kappa shape index (κ3) is 2.93. The van der Waals surface area contributed by atoms with E-state index in [2.05, 4.69) is 14.7 Å². The lowest BCUT2D eigenvalue weighted by molar-refractivity contribution is -0.114. The van der Waals surface area contributed by atoms with Crippen LogP contribution in [0.25, 0.3) is 11.8 Å². The molecule has 1 N–H and O–H groups in total. The molecule has 6 nitrogen and oxygen atoms in total. The number of rotatable bonds is 2. The molecule has 1 aromatic heterocycles. The van der Waals surface area contributed by atoms with Crippen molar-refractivity contribution >= 4 is 51.9 Å². The number of carbonyl (C=O) groups is 1. The van der Waals surface area contributed by atoms with Gasteiger partial charge in [0.2, 0.25) is 0 Å². The van der Waals surface area contributed by atoms with Crippen LogP contribution < -0.4 is 0 Å². The number of hydrazone groups is 1. The van der Waals surface area contributed by atoms with Gasteiger partial charge >= 0.3 is 0 Å². The molecule has 4 rings (SSSR count). The summed E-state index contributed by atoms with van der Waals surface area (Å²) in [6.07, 6.45) is 1.71. The molecular weight excluding hydrogens is 382 g/mol. The molecule has 0 aliphatic carbocycles. The van der Waals surface area contributed by atoms with E-state index in [0.717, 1.165) is 28.2 Å². The maximum Gasteiger partial charge on any atom is 0.283 e. The summed E-state index contributed by atoms with van der Waals surface area (Å²) in [6, 6.07) is 7.90. The molecule has 0 bridgehead atoms. The lowest BCUT2D eigenvalue weighted by Gasteiger charge is -2.20. The van der Waals surface area contributed by atoms with Crippen LogP contribution in [0.1, 0.15) is 22.5 Å². The quantitative estimate of drug-likeness (QED) is 0.767. The van der Waals surface area contributed by atoms with Crippen molar-refractivity contribution in [3.05, 3.63) is 57.4 Å². The second-order valence-electron chi connectivity index (χ2n) is 6.35. The van der Waals surface area contributed by atoms with Gasteiger partial charge in [0.15, 0.2) is 11.0 Å². The third-order valence-electron chi connectivity index (χ3n) is 4.58. The van der Waals surface area contributed by atoms with Crippen molar-refractivity contribution in [3.63, 3.8) is 0 Å². The largest absolute Gasteiger partial charge is 0.318 e. The average molecular weight is 398 g/mol. The van der Waals surface area contributed by atoms with E-state index in [4.69, 9.17) is 17.0 Å². The summed E-state index contributed by atoms with van der Waals surface area (Å²) in [6.45, 7) is 5.93.